The van der Waals surface area contributed by atoms with Gasteiger partial charge in [0, 0.05) is 80.8 Å². The average molecular weight is 1380 g/mol. The van der Waals surface area contributed by atoms with Crippen molar-refractivity contribution in [3.8, 4) is 0 Å². The van der Waals surface area contributed by atoms with Crippen LogP contribution in [0.1, 0.15) is 138 Å². The number of carbonyl (C=O) groups is 10. The summed E-state index contributed by atoms with van der Waals surface area (Å²) in [4.78, 5) is 145. The van der Waals surface area contributed by atoms with Gasteiger partial charge in [-0.05, 0) is 156 Å². The number of nitrogens with zero attached hydrogens (tertiary/aromatic N) is 1. The molecule has 0 spiro atoms. The number of benzene rings is 2. The molecule has 5 unspecified atom stereocenters. The van der Waals surface area contributed by atoms with Gasteiger partial charge in [0.25, 0.3) is 0 Å². The topological polar surface area (TPSA) is 399 Å². The van der Waals surface area contributed by atoms with Crippen LogP contribution < -0.4 is 70.0 Å². The zero-order valence-corrected chi connectivity index (χ0v) is 56.7. The van der Waals surface area contributed by atoms with E-state index >= 15 is 14.0 Å². The number of carbonyl (C=O) groups excluding carboxylic acids is 9. The number of alkyl halides is 1. The van der Waals surface area contributed by atoms with Crippen molar-refractivity contribution in [2.75, 3.05) is 50.9 Å². The van der Waals surface area contributed by atoms with Crippen molar-refractivity contribution in [3.05, 3.63) is 70.8 Å². The van der Waals surface area contributed by atoms with E-state index in [4.69, 9.17) is 11.5 Å². The second-order valence-corrected chi connectivity index (χ2v) is 28.8. The zero-order valence-electron chi connectivity index (χ0n) is 55.1. The molecular weight excluding hydrogens is 1280 g/mol. The fraction of sp³-hybridized carbons (Fsp3) is 0.672. The van der Waals surface area contributed by atoms with Crippen LogP contribution in [0.4, 0.5) is 4.39 Å². The number of hydrogen-bond donors (Lipinski definition) is 15. The predicted octanol–water partition coefficient (Wildman–Crippen LogP) is 0.349. The highest BCUT2D eigenvalue weighted by Crippen LogP contribution is 2.38. The molecule has 8 rings (SSSR count). The van der Waals surface area contributed by atoms with Gasteiger partial charge in [-0.2, -0.15) is 23.5 Å². The van der Waals surface area contributed by atoms with Crippen molar-refractivity contribution in [1.29, 1.82) is 0 Å². The molecule has 6 aliphatic rings. The van der Waals surface area contributed by atoms with Gasteiger partial charge >= 0.3 is 5.97 Å². The van der Waals surface area contributed by atoms with Gasteiger partial charge in [0.15, 0.2) is 0 Å². The molecule has 5 fully saturated rings. The number of rotatable bonds is 15. The Hall–Kier alpha value is -6.47. The van der Waals surface area contributed by atoms with Gasteiger partial charge in [-0.15, -0.1) is 0 Å². The van der Waals surface area contributed by atoms with Crippen molar-refractivity contribution >= 4 is 82.7 Å². The molecule has 4 heterocycles. The number of carboxylic acids is 1. The van der Waals surface area contributed by atoms with E-state index < -0.39 is 126 Å². The molecule has 96 heavy (non-hydrogen) atoms. The summed E-state index contributed by atoms with van der Waals surface area (Å²) in [5.74, 6) is -6.31. The standard InChI is InChI=1S/C67H101FN14O12S2/c1-39-60(87)77-52(28-43-10-2-3-11-44(43)33-70)62(89)78-53(29-45-34-73-50-19-16-46(68)30-49(45)50)63(90)80-55(32-59(85)86)65(92)79-54(31-47-35-71-38-74-47)64(91)81-56(27-40-14-17-48(83)18-15-40)67(94)82-23-7-13-57(82)66(93)72-22-25-96-37-42-9-6-8-41(26-42)36-95-24-20-58(84)76-51(61(88)75-39)12-4-5-21-69/h2-3,6,8-11,26,39-40,45-57,71,73-74,83H,4-5,7,12-25,27-38,69-70H2,1H3,(H,72,93)(H,75,88)(H,76,84)(H,77,87)(H,78,89)(H,79,92)(H,80,90)(H,81,91)(H,85,86)/t39-,40?,45?,46?,47?,48?,49?,50?,51+,52+,53+,54+,55+,56+,57+/m1/s1. The van der Waals surface area contributed by atoms with Gasteiger partial charge in [0.1, 0.15) is 54.5 Å². The van der Waals surface area contributed by atoms with E-state index in [9.17, 15) is 48.6 Å². The van der Waals surface area contributed by atoms with Crippen LogP contribution in [-0.4, -0.2) is 198 Å². The molecule has 29 heteroatoms. The first-order valence-electron chi connectivity index (χ1n) is 34.4. The molecule has 0 radical (unpaired) electrons. The van der Waals surface area contributed by atoms with Crippen molar-refractivity contribution in [2.24, 2.45) is 29.2 Å². The molecule has 530 valence electrons. The molecule has 9 amide bonds. The van der Waals surface area contributed by atoms with E-state index in [0.29, 0.717) is 131 Å². The smallest absolute Gasteiger partial charge is 0.305 e. The Bertz CT molecular complexity index is 2980. The Morgan fingerprint density at radius 3 is 2.01 bits per heavy atom. The average Bonchev–Trinajstić information content (AvgIpc) is 1.59. The normalized spacial score (nSPS) is 31.2. The number of fused-ring (bicyclic) bond motifs is 4. The lowest BCUT2D eigenvalue weighted by Gasteiger charge is -2.34. The zero-order chi connectivity index (χ0) is 68.7. The third-order valence-electron chi connectivity index (χ3n) is 19.5. The van der Waals surface area contributed by atoms with E-state index in [-0.39, 0.29) is 87.7 Å². The maximum atomic E-state index is 15.2. The first-order valence-corrected chi connectivity index (χ1v) is 36.7. The first kappa shape index (κ1) is 75.3. The second kappa shape index (κ2) is 38.0. The molecule has 4 aliphatic heterocycles. The number of unbranched alkanes of at least 4 members (excludes halogenated alkanes) is 1. The van der Waals surface area contributed by atoms with E-state index in [1.54, 1.807) is 47.8 Å². The molecule has 2 aromatic carbocycles. The molecule has 2 bridgehead atoms. The summed E-state index contributed by atoms with van der Waals surface area (Å²) in [6, 6.07) is 3.98. The number of hydrogen-bond acceptors (Lipinski definition) is 18. The summed E-state index contributed by atoms with van der Waals surface area (Å²) in [7, 11) is 0. The molecule has 2 saturated carbocycles. The Labute approximate surface area is 570 Å². The number of carboxylic acid groups (broad SMARTS) is 1. The van der Waals surface area contributed by atoms with Crippen molar-refractivity contribution in [1.82, 2.24) is 63.4 Å². The molecule has 0 aromatic heterocycles. The number of aliphatic hydroxyl groups excluding tert-OH is 1. The molecule has 17 N–H and O–H groups in total. The maximum Gasteiger partial charge on any atom is 0.305 e. The van der Waals surface area contributed by atoms with Crippen LogP contribution in [0, 0.1) is 17.8 Å². The Morgan fingerprint density at radius 2 is 1.31 bits per heavy atom. The molecular formula is C67H101FN14O12S2. The van der Waals surface area contributed by atoms with Crippen LogP contribution >= 0.6 is 23.5 Å². The minimum atomic E-state index is -1.86. The first-order chi connectivity index (χ1) is 46.2. The van der Waals surface area contributed by atoms with E-state index in [2.05, 4.69) is 64.6 Å². The molecule has 3 saturated heterocycles. The van der Waals surface area contributed by atoms with Crippen LogP contribution in [0.5, 0.6) is 0 Å². The lowest BCUT2D eigenvalue weighted by molar-refractivity contribution is -0.143. The highest BCUT2D eigenvalue weighted by Gasteiger charge is 2.45. The van der Waals surface area contributed by atoms with Crippen molar-refractivity contribution < 1.29 is 62.5 Å². The number of amides is 9. The molecule has 26 nitrogen and oxygen atoms in total. The Balaban J connectivity index is 1.10. The summed E-state index contributed by atoms with van der Waals surface area (Å²) >= 11 is 3.18. The highest BCUT2D eigenvalue weighted by atomic mass is 32.2. The summed E-state index contributed by atoms with van der Waals surface area (Å²) in [5, 5.41) is 53.1. The monoisotopic (exact) mass is 1380 g/mol. The third kappa shape index (κ3) is 22.8. The number of aliphatic carboxylic acids is 1. The third-order valence-corrected chi connectivity index (χ3v) is 21.5. The van der Waals surface area contributed by atoms with E-state index in [1.165, 1.54) is 11.8 Å². The summed E-state index contributed by atoms with van der Waals surface area (Å²) in [6.45, 7) is 3.48. The van der Waals surface area contributed by atoms with E-state index in [1.807, 2.05) is 18.2 Å². The Kier molecular flexibility index (Phi) is 29.8. The van der Waals surface area contributed by atoms with Crippen LogP contribution in [-0.2, 0) is 72.4 Å². The lowest BCUT2D eigenvalue weighted by atomic mass is 9.77. The van der Waals surface area contributed by atoms with E-state index in [0.717, 1.165) is 11.1 Å². The fourth-order valence-corrected chi connectivity index (χ4v) is 15.8. The number of aliphatic hydroxyl groups is 1. The van der Waals surface area contributed by atoms with Gasteiger partial charge < -0.3 is 85.1 Å². The van der Waals surface area contributed by atoms with Gasteiger partial charge in [-0.25, -0.2) is 4.39 Å². The van der Waals surface area contributed by atoms with Crippen molar-refractivity contribution in [3.63, 3.8) is 0 Å². The SMILES string of the molecule is C[C@H]1NC(=O)[C@H](CCCCN)NC(=O)CCSCc2cccc(c2)CSCCNC(=O)[C@@H]2CCCN2C(=O)[C@H](CC2CCC(O)CC2)NC(=O)[C@H](CC2CNCN2)NC(=O)[C@H](CC(=O)O)NC(=O)[C@H](CC2CNC3CCC(F)CC23)NC(=O)[C@H](Cc2ccccc2CN)NC1=O. The van der Waals surface area contributed by atoms with Gasteiger partial charge in [0.05, 0.1) is 12.5 Å². The van der Waals surface area contributed by atoms with Crippen LogP contribution in [0.2, 0.25) is 0 Å². The summed E-state index contributed by atoms with van der Waals surface area (Å²) < 4.78 is 15.2. The summed E-state index contributed by atoms with van der Waals surface area (Å²) in [6.07, 6.45) is 2.69. The number of thioether (sulfide) groups is 2. The molecule has 2 aromatic rings. The van der Waals surface area contributed by atoms with Crippen LogP contribution in [0.25, 0.3) is 0 Å². The lowest BCUT2D eigenvalue weighted by Crippen LogP contribution is -2.61. The number of halogens is 1. The number of nitrogens with one attached hydrogen (secondary N) is 11. The summed E-state index contributed by atoms with van der Waals surface area (Å²) in [5.41, 5.74) is 15.3. The highest BCUT2D eigenvalue weighted by molar-refractivity contribution is 7.98. The minimum Gasteiger partial charge on any atom is -0.481 e. The van der Waals surface area contributed by atoms with Gasteiger partial charge in [-0.1, -0.05) is 48.5 Å². The van der Waals surface area contributed by atoms with Gasteiger partial charge in [-0.3, -0.25) is 47.9 Å². The Morgan fingerprint density at radius 1 is 0.656 bits per heavy atom. The molecule has 13 atom stereocenters. The quantitative estimate of drug-likeness (QED) is 0.107. The number of nitrogens with two attached hydrogens (primary N) is 2. The maximum absolute atomic E-state index is 15.2. The molecule has 2 aliphatic carbocycles. The van der Waals surface area contributed by atoms with Gasteiger partial charge in [0.2, 0.25) is 53.2 Å². The fourth-order valence-electron chi connectivity index (χ4n) is 14.1. The largest absolute Gasteiger partial charge is 0.481 e. The van der Waals surface area contributed by atoms with Crippen LogP contribution in [0.3, 0.4) is 0 Å². The second-order valence-electron chi connectivity index (χ2n) is 26.6. The van der Waals surface area contributed by atoms with Crippen LogP contribution in [0.15, 0.2) is 48.5 Å². The minimum absolute atomic E-state index is 0.0494. The van der Waals surface area contributed by atoms with Crippen molar-refractivity contribution in [2.45, 2.75) is 213 Å². The predicted molar refractivity (Wildman–Crippen MR) is 363 cm³/mol.